The van der Waals surface area contributed by atoms with Crippen molar-refractivity contribution in [1.82, 2.24) is 19.6 Å². The molecule has 0 atom stereocenters. The zero-order valence-corrected chi connectivity index (χ0v) is 15.9. The van der Waals surface area contributed by atoms with Crippen molar-refractivity contribution in [3.63, 3.8) is 0 Å². The number of benzene rings is 1. The summed E-state index contributed by atoms with van der Waals surface area (Å²) >= 11 is 0. The van der Waals surface area contributed by atoms with Crippen molar-refractivity contribution in [3.05, 3.63) is 46.0 Å². The molecule has 2 aliphatic heterocycles. The van der Waals surface area contributed by atoms with Crippen LogP contribution in [0.25, 0.3) is 11.1 Å². The highest BCUT2D eigenvalue weighted by atomic mass is 16.7. The molecule has 0 saturated carbocycles. The summed E-state index contributed by atoms with van der Waals surface area (Å²) in [6, 6.07) is 5.46. The lowest BCUT2D eigenvalue weighted by Crippen LogP contribution is -2.47. The number of rotatable bonds is 3. The van der Waals surface area contributed by atoms with Crippen molar-refractivity contribution in [1.29, 1.82) is 0 Å². The molecule has 152 valence electrons. The standard InChI is InChI=1S/C19H20N4O6/c1-12-2-3-14-13(10-12)23(18(25)28-14)11-15-20-16(29-21-15)17(24)22-6-4-19(5-7-22)26-8-9-27-19/h2-3,10H,4-9,11H2,1H3. The van der Waals surface area contributed by atoms with Crippen molar-refractivity contribution in [2.24, 2.45) is 0 Å². The number of oxazole rings is 1. The fraction of sp³-hybridized carbons (Fsp3) is 0.474. The minimum Gasteiger partial charge on any atom is -0.408 e. The number of amides is 1. The van der Waals surface area contributed by atoms with Gasteiger partial charge in [0.25, 0.3) is 0 Å². The van der Waals surface area contributed by atoms with Crippen LogP contribution in [0.1, 0.15) is 34.9 Å². The van der Waals surface area contributed by atoms with Crippen molar-refractivity contribution in [3.8, 4) is 0 Å². The van der Waals surface area contributed by atoms with E-state index in [-0.39, 0.29) is 24.2 Å². The summed E-state index contributed by atoms with van der Waals surface area (Å²) in [4.78, 5) is 30.7. The van der Waals surface area contributed by atoms with Gasteiger partial charge in [0.15, 0.2) is 17.2 Å². The van der Waals surface area contributed by atoms with Crippen LogP contribution in [-0.4, -0.2) is 57.6 Å². The van der Waals surface area contributed by atoms with Crippen molar-refractivity contribution in [2.75, 3.05) is 26.3 Å². The molecule has 10 heteroatoms. The van der Waals surface area contributed by atoms with Crippen LogP contribution in [0.15, 0.2) is 31.9 Å². The molecule has 1 aromatic carbocycles. The second-order valence-electron chi connectivity index (χ2n) is 7.34. The Morgan fingerprint density at radius 2 is 1.97 bits per heavy atom. The minimum absolute atomic E-state index is 0.0524. The zero-order chi connectivity index (χ0) is 20.0. The van der Waals surface area contributed by atoms with E-state index >= 15 is 0 Å². The number of piperidine rings is 1. The first-order valence-electron chi connectivity index (χ1n) is 9.53. The monoisotopic (exact) mass is 400 g/mol. The molecule has 2 saturated heterocycles. The van der Waals surface area contributed by atoms with Crippen LogP contribution < -0.4 is 5.76 Å². The van der Waals surface area contributed by atoms with E-state index in [2.05, 4.69) is 10.1 Å². The van der Waals surface area contributed by atoms with Gasteiger partial charge in [0.2, 0.25) is 0 Å². The summed E-state index contributed by atoms with van der Waals surface area (Å²) < 4.78 is 23.2. The summed E-state index contributed by atoms with van der Waals surface area (Å²) in [5.74, 6) is -1.27. The summed E-state index contributed by atoms with van der Waals surface area (Å²) in [5.41, 5.74) is 2.12. The van der Waals surface area contributed by atoms with Gasteiger partial charge >= 0.3 is 17.6 Å². The van der Waals surface area contributed by atoms with Crippen LogP contribution >= 0.6 is 0 Å². The number of nitrogens with zero attached hydrogens (tertiary/aromatic N) is 4. The molecule has 0 unspecified atom stereocenters. The number of carbonyl (C=O) groups is 1. The average Bonchev–Trinajstić information content (AvgIpc) is 3.43. The Balaban J connectivity index is 1.31. The number of hydrogen-bond acceptors (Lipinski definition) is 8. The first-order valence-corrected chi connectivity index (χ1v) is 9.53. The molecule has 29 heavy (non-hydrogen) atoms. The highest BCUT2D eigenvalue weighted by molar-refractivity contribution is 5.89. The second kappa shape index (κ2) is 6.82. The van der Waals surface area contributed by atoms with Gasteiger partial charge in [-0.2, -0.15) is 4.98 Å². The van der Waals surface area contributed by atoms with Crippen LogP contribution in [-0.2, 0) is 16.0 Å². The van der Waals surface area contributed by atoms with Gasteiger partial charge in [-0.1, -0.05) is 11.2 Å². The van der Waals surface area contributed by atoms with E-state index in [0.29, 0.717) is 50.2 Å². The predicted octanol–water partition coefficient (Wildman–Crippen LogP) is 1.31. The summed E-state index contributed by atoms with van der Waals surface area (Å²) in [7, 11) is 0. The van der Waals surface area contributed by atoms with Gasteiger partial charge in [-0.05, 0) is 24.6 Å². The summed E-state index contributed by atoms with van der Waals surface area (Å²) in [6.45, 7) is 4.13. The maximum atomic E-state index is 12.7. The Bertz CT molecular complexity index is 1110. The minimum atomic E-state index is -0.557. The highest BCUT2D eigenvalue weighted by Gasteiger charge is 2.41. The molecule has 0 radical (unpaired) electrons. The van der Waals surface area contributed by atoms with Gasteiger partial charge < -0.3 is 23.3 Å². The Kier molecular flexibility index (Phi) is 4.25. The molecular weight excluding hydrogens is 380 g/mol. The lowest BCUT2D eigenvalue weighted by molar-refractivity contribution is -0.181. The van der Waals surface area contributed by atoms with E-state index < -0.39 is 11.5 Å². The molecule has 3 aromatic rings. The van der Waals surface area contributed by atoms with Crippen molar-refractivity contribution in [2.45, 2.75) is 32.1 Å². The molecule has 0 aliphatic carbocycles. The van der Waals surface area contributed by atoms with E-state index in [9.17, 15) is 9.59 Å². The largest absolute Gasteiger partial charge is 0.420 e. The predicted molar refractivity (Wildman–Crippen MR) is 98.4 cm³/mol. The molecule has 0 N–H and O–H groups in total. The molecular formula is C19H20N4O6. The molecule has 1 spiro atoms. The van der Waals surface area contributed by atoms with Crippen LogP contribution in [0.4, 0.5) is 0 Å². The number of likely N-dealkylation sites (tertiary alicyclic amines) is 1. The number of aromatic nitrogens is 3. The lowest BCUT2D eigenvalue weighted by atomic mass is 10.0. The van der Waals surface area contributed by atoms with E-state index in [1.165, 1.54) is 4.57 Å². The van der Waals surface area contributed by atoms with E-state index in [1.54, 1.807) is 11.0 Å². The van der Waals surface area contributed by atoms with Gasteiger partial charge in [0, 0.05) is 25.9 Å². The Hall–Kier alpha value is -2.98. The average molecular weight is 400 g/mol. The Morgan fingerprint density at radius 3 is 2.72 bits per heavy atom. The SMILES string of the molecule is Cc1ccc2oc(=O)n(Cc3noc(C(=O)N4CCC5(CC4)OCCO5)n3)c2c1. The van der Waals surface area contributed by atoms with E-state index in [0.717, 1.165) is 5.56 Å². The number of fused-ring (bicyclic) bond motifs is 1. The molecule has 4 heterocycles. The van der Waals surface area contributed by atoms with Gasteiger partial charge in [-0.25, -0.2) is 4.79 Å². The first kappa shape index (κ1) is 18.1. The highest BCUT2D eigenvalue weighted by Crippen LogP contribution is 2.31. The second-order valence-corrected chi connectivity index (χ2v) is 7.34. The number of aryl methyl sites for hydroxylation is 1. The van der Waals surface area contributed by atoms with Gasteiger partial charge in [-0.3, -0.25) is 9.36 Å². The fourth-order valence-electron chi connectivity index (χ4n) is 3.84. The van der Waals surface area contributed by atoms with Crippen LogP contribution in [0.5, 0.6) is 0 Å². The van der Waals surface area contributed by atoms with Crippen LogP contribution in [0.2, 0.25) is 0 Å². The normalized spacial score (nSPS) is 18.7. The molecule has 2 fully saturated rings. The van der Waals surface area contributed by atoms with E-state index in [4.69, 9.17) is 18.4 Å². The number of ether oxygens (including phenoxy) is 2. The van der Waals surface area contributed by atoms with Crippen molar-refractivity contribution >= 4 is 17.0 Å². The van der Waals surface area contributed by atoms with Crippen LogP contribution in [0, 0.1) is 6.92 Å². The Morgan fingerprint density at radius 1 is 1.21 bits per heavy atom. The lowest BCUT2D eigenvalue weighted by Gasteiger charge is -2.36. The maximum absolute atomic E-state index is 12.7. The maximum Gasteiger partial charge on any atom is 0.420 e. The first-order chi connectivity index (χ1) is 14.0. The smallest absolute Gasteiger partial charge is 0.408 e. The third kappa shape index (κ3) is 3.23. The molecule has 2 aliphatic rings. The van der Waals surface area contributed by atoms with Crippen LogP contribution in [0.3, 0.4) is 0 Å². The van der Waals surface area contributed by atoms with Gasteiger partial charge in [0.1, 0.15) is 0 Å². The molecule has 10 nitrogen and oxygen atoms in total. The molecule has 0 bridgehead atoms. The fourth-order valence-corrected chi connectivity index (χ4v) is 3.84. The quantitative estimate of drug-likeness (QED) is 0.647. The van der Waals surface area contributed by atoms with E-state index in [1.807, 2.05) is 19.1 Å². The zero-order valence-electron chi connectivity index (χ0n) is 15.9. The summed E-state index contributed by atoms with van der Waals surface area (Å²) in [5, 5.41) is 3.86. The molecule has 5 rings (SSSR count). The Labute approximate surface area is 165 Å². The summed E-state index contributed by atoms with van der Waals surface area (Å²) in [6.07, 6.45) is 1.21. The molecule has 2 aromatic heterocycles. The third-order valence-electron chi connectivity index (χ3n) is 5.40. The topological polar surface area (TPSA) is 113 Å². The number of carbonyl (C=O) groups excluding carboxylic acids is 1. The molecule has 1 amide bonds. The van der Waals surface area contributed by atoms with Gasteiger partial charge in [0.05, 0.1) is 25.3 Å². The van der Waals surface area contributed by atoms with Crippen molar-refractivity contribution < 1.29 is 23.2 Å². The van der Waals surface area contributed by atoms with Gasteiger partial charge in [-0.15, -0.1) is 0 Å². The third-order valence-corrected chi connectivity index (χ3v) is 5.40. The number of hydrogen-bond donors (Lipinski definition) is 0.